The highest BCUT2D eigenvalue weighted by Crippen LogP contribution is 2.29. The van der Waals surface area contributed by atoms with E-state index in [2.05, 4.69) is 9.55 Å². The maximum Gasteiger partial charge on any atom is 0.125 e. The second-order valence-corrected chi connectivity index (χ2v) is 4.89. The van der Waals surface area contributed by atoms with E-state index in [4.69, 9.17) is 27.9 Å². The Kier molecular flexibility index (Phi) is 2.99. The molecule has 17 heavy (non-hydrogen) atoms. The zero-order chi connectivity index (χ0) is 11.8. The zero-order valence-corrected chi connectivity index (χ0v) is 10.7. The van der Waals surface area contributed by atoms with Crippen molar-refractivity contribution in [2.24, 2.45) is 0 Å². The van der Waals surface area contributed by atoms with Crippen molar-refractivity contribution >= 4 is 34.2 Å². The van der Waals surface area contributed by atoms with Gasteiger partial charge in [0, 0.05) is 11.6 Å². The van der Waals surface area contributed by atoms with Crippen molar-refractivity contribution < 1.29 is 4.74 Å². The van der Waals surface area contributed by atoms with Crippen LogP contribution >= 0.6 is 23.2 Å². The van der Waals surface area contributed by atoms with Gasteiger partial charge in [0.2, 0.25) is 0 Å². The van der Waals surface area contributed by atoms with Crippen molar-refractivity contribution in [3.63, 3.8) is 0 Å². The molecule has 90 valence electrons. The maximum absolute atomic E-state index is 6.04. The maximum atomic E-state index is 6.04. The van der Waals surface area contributed by atoms with Crippen LogP contribution < -0.4 is 0 Å². The number of nitrogens with zero attached hydrogens (tertiary/aromatic N) is 2. The van der Waals surface area contributed by atoms with Gasteiger partial charge in [-0.15, -0.1) is 11.6 Å². The van der Waals surface area contributed by atoms with E-state index in [0.717, 1.165) is 41.5 Å². The standard InChI is InChI=1S/C12H12Cl2N2O/c13-6-12-15-10-2-1-8(14)5-11(10)16(12)9-3-4-17-7-9/h1-2,5,9H,3-4,6-7H2. The second kappa shape index (κ2) is 4.48. The summed E-state index contributed by atoms with van der Waals surface area (Å²) in [7, 11) is 0. The fourth-order valence-electron chi connectivity index (χ4n) is 2.34. The topological polar surface area (TPSA) is 27.1 Å². The molecule has 0 amide bonds. The Hall–Kier alpha value is -0.770. The molecule has 0 aliphatic carbocycles. The van der Waals surface area contributed by atoms with Gasteiger partial charge in [0.05, 0.1) is 29.6 Å². The van der Waals surface area contributed by atoms with Crippen LogP contribution in [0.1, 0.15) is 18.3 Å². The molecule has 1 fully saturated rings. The molecule has 2 aromatic rings. The first-order chi connectivity index (χ1) is 8.29. The van der Waals surface area contributed by atoms with Crippen LogP contribution in [0.5, 0.6) is 0 Å². The predicted octanol–water partition coefficient (Wildman–Crippen LogP) is 3.39. The van der Waals surface area contributed by atoms with E-state index in [-0.39, 0.29) is 0 Å². The minimum absolute atomic E-state index is 0.326. The predicted molar refractivity (Wildman–Crippen MR) is 68.8 cm³/mol. The fourth-order valence-corrected chi connectivity index (χ4v) is 2.70. The van der Waals surface area contributed by atoms with Crippen molar-refractivity contribution in [1.82, 2.24) is 9.55 Å². The summed E-state index contributed by atoms with van der Waals surface area (Å²) in [4.78, 5) is 4.53. The third-order valence-corrected chi connectivity index (χ3v) is 3.59. The van der Waals surface area contributed by atoms with Crippen LogP contribution in [0.3, 0.4) is 0 Å². The van der Waals surface area contributed by atoms with Crippen LogP contribution in [0, 0.1) is 0 Å². The Morgan fingerprint density at radius 3 is 3.06 bits per heavy atom. The van der Waals surface area contributed by atoms with Gasteiger partial charge in [-0.25, -0.2) is 4.98 Å². The molecule has 1 aliphatic rings. The molecule has 5 heteroatoms. The Morgan fingerprint density at radius 2 is 2.35 bits per heavy atom. The average molecular weight is 271 g/mol. The summed E-state index contributed by atoms with van der Waals surface area (Å²) in [5.41, 5.74) is 1.99. The number of rotatable bonds is 2. The van der Waals surface area contributed by atoms with Crippen LogP contribution in [0.2, 0.25) is 5.02 Å². The van der Waals surface area contributed by atoms with Crippen molar-refractivity contribution in [3.8, 4) is 0 Å². The number of hydrogen-bond donors (Lipinski definition) is 0. The van der Waals surface area contributed by atoms with Crippen molar-refractivity contribution in [2.45, 2.75) is 18.3 Å². The molecule has 1 aromatic heterocycles. The number of fused-ring (bicyclic) bond motifs is 1. The lowest BCUT2D eigenvalue weighted by molar-refractivity contribution is 0.187. The summed E-state index contributed by atoms with van der Waals surface area (Å²) in [6.07, 6.45) is 1.00. The lowest BCUT2D eigenvalue weighted by Crippen LogP contribution is -2.11. The summed E-state index contributed by atoms with van der Waals surface area (Å²) in [6.45, 7) is 1.52. The van der Waals surface area contributed by atoms with Gasteiger partial charge in [0.25, 0.3) is 0 Å². The Bertz CT molecular complexity index is 547. The molecule has 1 aromatic carbocycles. The van der Waals surface area contributed by atoms with E-state index < -0.39 is 0 Å². The number of imidazole rings is 1. The molecule has 1 atom stereocenters. The van der Waals surface area contributed by atoms with Crippen molar-refractivity contribution in [2.75, 3.05) is 13.2 Å². The molecule has 3 rings (SSSR count). The van der Waals surface area contributed by atoms with Crippen LogP contribution in [-0.4, -0.2) is 22.8 Å². The normalized spacial score (nSPS) is 20.2. The van der Waals surface area contributed by atoms with Crippen LogP contribution in [-0.2, 0) is 10.6 Å². The molecule has 0 spiro atoms. The smallest absolute Gasteiger partial charge is 0.125 e. The molecule has 0 N–H and O–H groups in total. The highest BCUT2D eigenvalue weighted by Gasteiger charge is 2.22. The molecule has 2 heterocycles. The third-order valence-electron chi connectivity index (χ3n) is 3.11. The number of aromatic nitrogens is 2. The van der Waals surface area contributed by atoms with E-state index >= 15 is 0 Å². The second-order valence-electron chi connectivity index (χ2n) is 4.18. The van der Waals surface area contributed by atoms with Crippen molar-refractivity contribution in [1.29, 1.82) is 0 Å². The van der Waals surface area contributed by atoms with E-state index in [9.17, 15) is 0 Å². The number of halogens is 2. The van der Waals surface area contributed by atoms with Gasteiger partial charge in [-0.3, -0.25) is 0 Å². The number of benzene rings is 1. The van der Waals surface area contributed by atoms with E-state index in [1.54, 1.807) is 0 Å². The summed E-state index contributed by atoms with van der Waals surface area (Å²) in [5.74, 6) is 1.29. The molecule has 0 radical (unpaired) electrons. The SMILES string of the molecule is ClCc1nc2ccc(Cl)cc2n1C1CCOC1. The van der Waals surface area contributed by atoms with Gasteiger partial charge in [-0.05, 0) is 24.6 Å². The van der Waals surface area contributed by atoms with Crippen LogP contribution in [0.4, 0.5) is 0 Å². The van der Waals surface area contributed by atoms with Gasteiger partial charge < -0.3 is 9.30 Å². The Balaban J connectivity index is 2.20. The summed E-state index contributed by atoms with van der Waals surface area (Å²) in [5, 5.41) is 0.721. The molecule has 1 aliphatic heterocycles. The lowest BCUT2D eigenvalue weighted by atomic mass is 10.2. The summed E-state index contributed by atoms with van der Waals surface area (Å²) < 4.78 is 7.60. The van der Waals surface area contributed by atoms with Gasteiger partial charge in [-0.1, -0.05) is 11.6 Å². The first-order valence-corrected chi connectivity index (χ1v) is 6.51. The van der Waals surface area contributed by atoms with Gasteiger partial charge in [0.15, 0.2) is 0 Å². The Labute approximate surface area is 109 Å². The van der Waals surface area contributed by atoms with Crippen molar-refractivity contribution in [3.05, 3.63) is 29.0 Å². The lowest BCUT2D eigenvalue weighted by Gasteiger charge is -2.13. The summed E-state index contributed by atoms with van der Waals surface area (Å²) in [6, 6.07) is 6.05. The average Bonchev–Trinajstić information content (AvgIpc) is 2.93. The number of alkyl halides is 1. The number of ether oxygens (including phenoxy) is 1. The van der Waals surface area contributed by atoms with Gasteiger partial charge >= 0.3 is 0 Å². The molecule has 1 unspecified atom stereocenters. The molecular formula is C12H12Cl2N2O. The third kappa shape index (κ3) is 1.92. The molecule has 3 nitrogen and oxygen atoms in total. The largest absolute Gasteiger partial charge is 0.379 e. The van der Waals surface area contributed by atoms with Gasteiger partial charge in [-0.2, -0.15) is 0 Å². The quantitative estimate of drug-likeness (QED) is 0.783. The minimum Gasteiger partial charge on any atom is -0.379 e. The molecule has 1 saturated heterocycles. The molecule has 0 bridgehead atoms. The van der Waals surface area contributed by atoms with E-state index in [0.29, 0.717) is 11.9 Å². The molecular weight excluding hydrogens is 259 g/mol. The summed E-state index contributed by atoms with van der Waals surface area (Å²) >= 11 is 12.0. The fraction of sp³-hybridized carbons (Fsp3) is 0.417. The first-order valence-electron chi connectivity index (χ1n) is 5.59. The first kappa shape index (κ1) is 11.3. The Morgan fingerprint density at radius 1 is 1.47 bits per heavy atom. The minimum atomic E-state index is 0.326. The van der Waals surface area contributed by atoms with Crippen LogP contribution in [0.25, 0.3) is 11.0 Å². The van der Waals surface area contributed by atoms with E-state index in [1.807, 2.05) is 18.2 Å². The highest BCUT2D eigenvalue weighted by atomic mass is 35.5. The van der Waals surface area contributed by atoms with E-state index in [1.165, 1.54) is 0 Å². The zero-order valence-electron chi connectivity index (χ0n) is 9.20. The highest BCUT2D eigenvalue weighted by molar-refractivity contribution is 6.31. The van der Waals surface area contributed by atoms with Gasteiger partial charge in [0.1, 0.15) is 5.82 Å². The molecule has 0 saturated carbocycles. The monoisotopic (exact) mass is 270 g/mol. The number of hydrogen-bond acceptors (Lipinski definition) is 2. The van der Waals surface area contributed by atoms with Crippen LogP contribution in [0.15, 0.2) is 18.2 Å².